The van der Waals surface area contributed by atoms with E-state index in [-0.39, 0.29) is 6.04 Å². The van der Waals surface area contributed by atoms with E-state index in [9.17, 15) is 0 Å². The summed E-state index contributed by atoms with van der Waals surface area (Å²) in [7, 11) is 1.65. The number of rotatable bonds is 3. The molecule has 0 fully saturated rings. The number of halogens is 2. The van der Waals surface area contributed by atoms with Gasteiger partial charge in [0.15, 0.2) is 0 Å². The number of methoxy groups -OCH3 is 1. The summed E-state index contributed by atoms with van der Waals surface area (Å²) in [6, 6.07) is 14.0. The van der Waals surface area contributed by atoms with Gasteiger partial charge in [0.1, 0.15) is 5.75 Å². The predicted molar refractivity (Wildman–Crippen MR) is 85.9 cm³/mol. The van der Waals surface area contributed by atoms with Crippen LogP contribution in [0, 0.1) is 3.57 Å². The van der Waals surface area contributed by atoms with Crippen molar-refractivity contribution in [3.8, 4) is 5.75 Å². The fourth-order valence-corrected chi connectivity index (χ4v) is 2.70. The Morgan fingerprint density at radius 1 is 1.17 bits per heavy atom. The van der Waals surface area contributed by atoms with Gasteiger partial charge in [-0.3, -0.25) is 0 Å². The Hall–Kier alpha value is -0.590. The van der Waals surface area contributed by atoms with E-state index in [4.69, 9.17) is 10.5 Å². The average molecular weight is 418 g/mol. The molecule has 94 valence electrons. The van der Waals surface area contributed by atoms with Gasteiger partial charge in [-0.1, -0.05) is 34.1 Å². The zero-order valence-electron chi connectivity index (χ0n) is 9.86. The van der Waals surface area contributed by atoms with Crippen LogP contribution in [-0.4, -0.2) is 7.11 Å². The number of hydrogen-bond donors (Lipinski definition) is 1. The van der Waals surface area contributed by atoms with Gasteiger partial charge in [-0.15, -0.1) is 0 Å². The third-order valence-corrected chi connectivity index (χ3v) is 4.18. The van der Waals surface area contributed by atoms with Crippen LogP contribution in [0.4, 0.5) is 0 Å². The van der Waals surface area contributed by atoms with Crippen LogP contribution in [0.2, 0.25) is 0 Å². The summed E-state index contributed by atoms with van der Waals surface area (Å²) in [6.45, 7) is 0. The lowest BCUT2D eigenvalue weighted by Gasteiger charge is -2.15. The molecule has 2 rings (SSSR count). The molecule has 2 nitrogen and oxygen atoms in total. The van der Waals surface area contributed by atoms with Gasteiger partial charge in [0.25, 0.3) is 0 Å². The highest BCUT2D eigenvalue weighted by Gasteiger charge is 2.12. The summed E-state index contributed by atoms with van der Waals surface area (Å²) in [5, 5.41) is 0. The van der Waals surface area contributed by atoms with Crippen molar-refractivity contribution >= 4 is 38.5 Å². The Bertz CT molecular complexity index is 542. The second-order valence-corrected chi connectivity index (χ2v) is 6.02. The average Bonchev–Trinajstić information content (AvgIpc) is 2.38. The standard InChI is InChI=1S/C14H13BrINO/c1-18-11-6-7-12(13(15)8-11)14(17)9-2-4-10(16)5-3-9/h2-8,14H,17H2,1H3. The van der Waals surface area contributed by atoms with Crippen molar-refractivity contribution in [1.29, 1.82) is 0 Å². The minimum absolute atomic E-state index is 0.137. The third-order valence-electron chi connectivity index (χ3n) is 2.77. The van der Waals surface area contributed by atoms with E-state index in [2.05, 4.69) is 62.8 Å². The molecule has 0 spiro atoms. The maximum atomic E-state index is 6.29. The van der Waals surface area contributed by atoms with Gasteiger partial charge >= 0.3 is 0 Å². The monoisotopic (exact) mass is 417 g/mol. The lowest BCUT2D eigenvalue weighted by Crippen LogP contribution is -2.12. The molecule has 0 heterocycles. The fourth-order valence-electron chi connectivity index (χ4n) is 1.74. The third kappa shape index (κ3) is 3.05. The molecule has 4 heteroatoms. The van der Waals surface area contributed by atoms with Gasteiger partial charge in [-0.05, 0) is 58.0 Å². The molecule has 0 aliphatic rings. The molecule has 0 saturated heterocycles. The zero-order valence-corrected chi connectivity index (χ0v) is 13.6. The molecule has 1 atom stereocenters. The van der Waals surface area contributed by atoms with E-state index in [0.29, 0.717) is 0 Å². The van der Waals surface area contributed by atoms with Crippen molar-refractivity contribution in [3.05, 3.63) is 61.6 Å². The van der Waals surface area contributed by atoms with Crippen LogP contribution in [0.3, 0.4) is 0 Å². The van der Waals surface area contributed by atoms with Gasteiger partial charge < -0.3 is 10.5 Å². The van der Waals surface area contributed by atoms with Crippen molar-refractivity contribution in [1.82, 2.24) is 0 Å². The number of benzene rings is 2. The van der Waals surface area contributed by atoms with Crippen molar-refractivity contribution in [3.63, 3.8) is 0 Å². The highest BCUT2D eigenvalue weighted by molar-refractivity contribution is 14.1. The van der Waals surface area contributed by atoms with E-state index in [0.717, 1.165) is 21.3 Å². The molecule has 18 heavy (non-hydrogen) atoms. The van der Waals surface area contributed by atoms with Gasteiger partial charge in [0.2, 0.25) is 0 Å². The first-order chi connectivity index (χ1) is 8.61. The van der Waals surface area contributed by atoms with Crippen LogP contribution < -0.4 is 10.5 Å². The maximum absolute atomic E-state index is 6.29. The van der Waals surface area contributed by atoms with Crippen LogP contribution in [-0.2, 0) is 0 Å². The number of nitrogens with two attached hydrogens (primary N) is 1. The highest BCUT2D eigenvalue weighted by atomic mass is 127. The van der Waals surface area contributed by atoms with Gasteiger partial charge in [0, 0.05) is 8.04 Å². The smallest absolute Gasteiger partial charge is 0.120 e. The van der Waals surface area contributed by atoms with E-state index < -0.39 is 0 Å². The minimum atomic E-state index is -0.137. The van der Waals surface area contributed by atoms with Crippen molar-refractivity contribution in [2.24, 2.45) is 5.73 Å². The summed E-state index contributed by atoms with van der Waals surface area (Å²) in [4.78, 5) is 0. The molecule has 2 aromatic carbocycles. The SMILES string of the molecule is COc1ccc(C(N)c2ccc(I)cc2)c(Br)c1. The van der Waals surface area contributed by atoms with E-state index in [1.54, 1.807) is 7.11 Å². The van der Waals surface area contributed by atoms with Gasteiger partial charge in [-0.2, -0.15) is 0 Å². The van der Waals surface area contributed by atoms with Crippen molar-refractivity contribution in [2.45, 2.75) is 6.04 Å². The Balaban J connectivity index is 2.33. The second kappa shape index (κ2) is 6.04. The Labute approximate surface area is 129 Å². The molecule has 0 aromatic heterocycles. The highest BCUT2D eigenvalue weighted by Crippen LogP contribution is 2.30. The first kappa shape index (κ1) is 13.8. The van der Waals surface area contributed by atoms with E-state index in [1.165, 1.54) is 3.57 Å². The summed E-state index contributed by atoms with van der Waals surface area (Å²) in [5.74, 6) is 0.820. The normalized spacial score (nSPS) is 12.2. The van der Waals surface area contributed by atoms with E-state index >= 15 is 0 Å². The van der Waals surface area contributed by atoms with Gasteiger partial charge in [0.05, 0.1) is 13.2 Å². The van der Waals surface area contributed by atoms with Crippen molar-refractivity contribution < 1.29 is 4.74 Å². The lowest BCUT2D eigenvalue weighted by atomic mass is 10.00. The maximum Gasteiger partial charge on any atom is 0.120 e. The molecule has 2 N–H and O–H groups in total. The molecule has 0 amide bonds. The lowest BCUT2D eigenvalue weighted by molar-refractivity contribution is 0.414. The molecular weight excluding hydrogens is 405 g/mol. The predicted octanol–water partition coefficient (Wildman–Crippen LogP) is 4.11. The van der Waals surface area contributed by atoms with Crippen LogP contribution in [0.15, 0.2) is 46.9 Å². The molecule has 2 aromatic rings. The molecule has 0 bridgehead atoms. The quantitative estimate of drug-likeness (QED) is 0.762. The fraction of sp³-hybridized carbons (Fsp3) is 0.143. The van der Waals surface area contributed by atoms with Crippen LogP contribution in [0.5, 0.6) is 5.75 Å². The summed E-state index contributed by atoms with van der Waals surface area (Å²) < 4.78 is 7.35. The molecule has 0 aliphatic carbocycles. The Morgan fingerprint density at radius 3 is 2.39 bits per heavy atom. The van der Waals surface area contributed by atoms with Crippen molar-refractivity contribution in [2.75, 3.05) is 7.11 Å². The van der Waals surface area contributed by atoms with E-state index in [1.807, 2.05) is 18.2 Å². The van der Waals surface area contributed by atoms with Gasteiger partial charge in [-0.25, -0.2) is 0 Å². The first-order valence-corrected chi connectivity index (χ1v) is 7.33. The minimum Gasteiger partial charge on any atom is -0.497 e. The largest absolute Gasteiger partial charge is 0.497 e. The zero-order chi connectivity index (χ0) is 13.1. The van der Waals surface area contributed by atoms with Crippen LogP contribution >= 0.6 is 38.5 Å². The summed E-state index contributed by atoms with van der Waals surface area (Å²) in [6.07, 6.45) is 0. The topological polar surface area (TPSA) is 35.2 Å². The molecule has 0 saturated carbocycles. The molecule has 1 unspecified atom stereocenters. The number of ether oxygens (including phenoxy) is 1. The summed E-state index contributed by atoms with van der Waals surface area (Å²) >= 11 is 5.82. The Kier molecular flexibility index (Phi) is 4.64. The molecular formula is C14H13BrINO. The first-order valence-electron chi connectivity index (χ1n) is 5.46. The number of hydrogen-bond acceptors (Lipinski definition) is 2. The molecule has 0 radical (unpaired) electrons. The second-order valence-electron chi connectivity index (χ2n) is 3.92. The molecule has 0 aliphatic heterocycles. The summed E-state index contributed by atoms with van der Waals surface area (Å²) in [5.41, 5.74) is 8.44. The Morgan fingerprint density at radius 2 is 1.83 bits per heavy atom. The van der Waals surface area contributed by atoms with Crippen LogP contribution in [0.1, 0.15) is 17.2 Å². The van der Waals surface area contributed by atoms with Crippen LogP contribution in [0.25, 0.3) is 0 Å².